The van der Waals surface area contributed by atoms with Crippen LogP contribution in [-0.2, 0) is 11.2 Å². The van der Waals surface area contributed by atoms with Gasteiger partial charge < -0.3 is 20.5 Å². The number of carbonyl (C=O) groups excluding carboxylic acids is 2. The summed E-state index contributed by atoms with van der Waals surface area (Å²) in [7, 11) is 0. The Bertz CT molecular complexity index is 1240. The summed E-state index contributed by atoms with van der Waals surface area (Å²) in [6.45, 7) is 2.18. The number of primary amides is 1. The third-order valence-corrected chi connectivity index (χ3v) is 6.07. The fraction of sp³-hybridized carbons (Fsp3) is 0.240. The predicted octanol–water partition coefficient (Wildman–Crippen LogP) is 4.33. The Morgan fingerprint density at radius 3 is 2.76 bits per heavy atom. The van der Waals surface area contributed by atoms with Gasteiger partial charge in [-0.15, -0.1) is 0 Å². The highest BCUT2D eigenvalue weighted by atomic mass is 35.5. The van der Waals surface area contributed by atoms with Gasteiger partial charge in [0.1, 0.15) is 23.4 Å². The van der Waals surface area contributed by atoms with E-state index < -0.39 is 29.7 Å². The third-order valence-electron chi connectivity index (χ3n) is 5.85. The van der Waals surface area contributed by atoms with Gasteiger partial charge in [-0.2, -0.15) is 0 Å². The van der Waals surface area contributed by atoms with Crippen molar-refractivity contribution in [1.29, 1.82) is 0 Å². The van der Waals surface area contributed by atoms with Gasteiger partial charge in [0.15, 0.2) is 0 Å². The second-order valence-electron chi connectivity index (χ2n) is 7.93. The van der Waals surface area contributed by atoms with Crippen LogP contribution in [0.2, 0.25) is 5.02 Å². The predicted molar refractivity (Wildman–Crippen MR) is 124 cm³/mol. The van der Waals surface area contributed by atoms with Crippen molar-refractivity contribution in [2.75, 3.05) is 6.61 Å². The van der Waals surface area contributed by atoms with Gasteiger partial charge in [-0.3, -0.25) is 14.6 Å². The molecule has 2 amide bonds. The average molecular weight is 484 g/mol. The minimum atomic E-state index is -1.22. The van der Waals surface area contributed by atoms with E-state index in [9.17, 15) is 19.1 Å². The van der Waals surface area contributed by atoms with Crippen molar-refractivity contribution < 1.29 is 23.8 Å². The van der Waals surface area contributed by atoms with E-state index in [1.54, 1.807) is 31.2 Å². The Labute approximate surface area is 200 Å². The first-order valence-corrected chi connectivity index (χ1v) is 11.1. The first kappa shape index (κ1) is 23.5. The van der Waals surface area contributed by atoms with E-state index in [4.69, 9.17) is 22.1 Å². The molecule has 0 saturated carbocycles. The van der Waals surface area contributed by atoms with Gasteiger partial charge in [0.2, 0.25) is 5.91 Å². The van der Waals surface area contributed by atoms with Gasteiger partial charge in [0.05, 0.1) is 18.2 Å². The zero-order valence-electron chi connectivity index (χ0n) is 18.4. The maximum Gasteiger partial charge on any atom is 0.259 e. The van der Waals surface area contributed by atoms with Crippen LogP contribution in [0.15, 0.2) is 54.9 Å². The van der Waals surface area contributed by atoms with Crippen LogP contribution >= 0.6 is 11.6 Å². The van der Waals surface area contributed by atoms with Gasteiger partial charge in [-0.05, 0) is 61.2 Å². The molecule has 4 rings (SSSR count). The van der Waals surface area contributed by atoms with E-state index in [0.29, 0.717) is 41.9 Å². The molecule has 1 aliphatic rings. The lowest BCUT2D eigenvalue weighted by molar-refractivity contribution is -0.123. The SMILES string of the molecule is CCOc1ccc(C(=O)N(C(C(N)=O)c2cccnc2)[C@@H]2CCc3c(F)cc(Cl)cc32)c(O)c1. The standard InChI is InChI=1S/C25H23ClFN3O4/c1-2-34-16-5-6-18(22(31)12-16)25(33)30(23(24(28)32)14-4-3-9-29-13-14)21-8-7-17-19(21)10-15(26)11-20(17)27/h3-6,9-13,21,23,31H,2,7-8H2,1H3,(H2,28,32)/t21-,23?/m1/s1. The second-order valence-corrected chi connectivity index (χ2v) is 8.36. The molecule has 0 aliphatic heterocycles. The lowest BCUT2D eigenvalue weighted by Gasteiger charge is -2.36. The van der Waals surface area contributed by atoms with Crippen LogP contribution in [0.1, 0.15) is 52.5 Å². The number of rotatable bonds is 7. The molecule has 176 valence electrons. The van der Waals surface area contributed by atoms with Gasteiger partial charge in [0, 0.05) is 29.0 Å². The Balaban J connectivity index is 1.87. The van der Waals surface area contributed by atoms with Crippen molar-refractivity contribution in [2.24, 2.45) is 5.73 Å². The summed E-state index contributed by atoms with van der Waals surface area (Å²) < 4.78 is 20.0. The molecule has 0 radical (unpaired) electrons. The molecule has 3 aromatic rings. The summed E-state index contributed by atoms with van der Waals surface area (Å²) >= 11 is 6.13. The zero-order chi connectivity index (χ0) is 24.4. The maximum atomic E-state index is 14.6. The number of halogens is 2. The molecule has 9 heteroatoms. The largest absolute Gasteiger partial charge is 0.507 e. The number of benzene rings is 2. The monoisotopic (exact) mass is 483 g/mol. The molecule has 0 saturated heterocycles. The highest BCUT2D eigenvalue weighted by Gasteiger charge is 2.41. The van der Waals surface area contributed by atoms with Gasteiger partial charge in [-0.1, -0.05) is 17.7 Å². The van der Waals surface area contributed by atoms with Crippen LogP contribution in [0.25, 0.3) is 0 Å². The van der Waals surface area contributed by atoms with Crippen LogP contribution in [0.5, 0.6) is 11.5 Å². The van der Waals surface area contributed by atoms with E-state index in [1.807, 2.05) is 0 Å². The molecule has 0 spiro atoms. The van der Waals surface area contributed by atoms with Crippen LogP contribution in [0.3, 0.4) is 0 Å². The van der Waals surface area contributed by atoms with Gasteiger partial charge in [-0.25, -0.2) is 4.39 Å². The highest BCUT2D eigenvalue weighted by Crippen LogP contribution is 2.43. The number of pyridine rings is 1. The van der Waals surface area contributed by atoms with Crippen LogP contribution < -0.4 is 10.5 Å². The van der Waals surface area contributed by atoms with Crippen molar-refractivity contribution in [1.82, 2.24) is 9.88 Å². The molecule has 2 atom stereocenters. The number of hydrogen-bond acceptors (Lipinski definition) is 5. The molecule has 1 aromatic heterocycles. The lowest BCUT2D eigenvalue weighted by atomic mass is 9.98. The third kappa shape index (κ3) is 4.41. The van der Waals surface area contributed by atoms with Crippen molar-refractivity contribution in [3.8, 4) is 11.5 Å². The molecule has 3 N–H and O–H groups in total. The molecular formula is C25H23ClFN3O4. The molecule has 1 aliphatic carbocycles. The van der Waals surface area contributed by atoms with Gasteiger partial charge in [0.25, 0.3) is 5.91 Å². The number of nitrogens with zero attached hydrogens (tertiary/aromatic N) is 2. The number of phenols is 1. The number of fused-ring (bicyclic) bond motifs is 1. The topological polar surface area (TPSA) is 106 Å². The van der Waals surface area contributed by atoms with Crippen molar-refractivity contribution in [2.45, 2.75) is 31.8 Å². The summed E-state index contributed by atoms with van der Waals surface area (Å²) in [5, 5.41) is 10.8. The smallest absolute Gasteiger partial charge is 0.259 e. The Kier molecular flexibility index (Phi) is 6.70. The molecule has 2 aromatic carbocycles. The highest BCUT2D eigenvalue weighted by molar-refractivity contribution is 6.30. The first-order chi connectivity index (χ1) is 16.3. The number of phenolic OH excluding ortho intramolecular Hbond substituents is 1. The van der Waals surface area contributed by atoms with E-state index >= 15 is 0 Å². The van der Waals surface area contributed by atoms with Crippen molar-refractivity contribution in [3.05, 3.63) is 88.0 Å². The van der Waals surface area contributed by atoms with E-state index in [1.165, 1.54) is 35.5 Å². The number of amides is 2. The van der Waals surface area contributed by atoms with Crippen LogP contribution in [-0.4, -0.2) is 33.4 Å². The number of hydrogen-bond donors (Lipinski definition) is 2. The van der Waals surface area contributed by atoms with E-state index in [-0.39, 0.29) is 16.3 Å². The fourth-order valence-electron chi connectivity index (χ4n) is 4.44. The van der Waals surface area contributed by atoms with Crippen LogP contribution in [0, 0.1) is 5.82 Å². The fourth-order valence-corrected chi connectivity index (χ4v) is 4.65. The summed E-state index contributed by atoms with van der Waals surface area (Å²) in [6, 6.07) is 8.46. The molecule has 34 heavy (non-hydrogen) atoms. The number of carbonyl (C=O) groups is 2. The molecule has 1 unspecified atom stereocenters. The molecule has 0 fully saturated rings. The number of aromatic hydroxyl groups is 1. The number of nitrogens with two attached hydrogens (primary N) is 1. The minimum absolute atomic E-state index is 0.0467. The Hall–Kier alpha value is -3.65. The molecule has 7 nitrogen and oxygen atoms in total. The number of aromatic nitrogens is 1. The van der Waals surface area contributed by atoms with Crippen molar-refractivity contribution in [3.63, 3.8) is 0 Å². The first-order valence-electron chi connectivity index (χ1n) is 10.8. The quantitative estimate of drug-likeness (QED) is 0.520. The van der Waals surface area contributed by atoms with Gasteiger partial charge >= 0.3 is 0 Å². The normalized spacial score (nSPS) is 15.4. The van der Waals surface area contributed by atoms with Crippen LogP contribution in [0.4, 0.5) is 4.39 Å². The summed E-state index contributed by atoms with van der Waals surface area (Å²) in [4.78, 5) is 32.0. The second kappa shape index (κ2) is 9.69. The van der Waals surface area contributed by atoms with E-state index in [2.05, 4.69) is 4.98 Å². The summed E-state index contributed by atoms with van der Waals surface area (Å²) in [5.41, 5.74) is 7.07. The Morgan fingerprint density at radius 2 is 2.12 bits per heavy atom. The molecular weight excluding hydrogens is 461 g/mol. The maximum absolute atomic E-state index is 14.6. The molecule has 1 heterocycles. The number of ether oxygens (including phenoxy) is 1. The summed E-state index contributed by atoms with van der Waals surface area (Å²) in [5.74, 6) is -1.83. The zero-order valence-corrected chi connectivity index (χ0v) is 19.1. The Morgan fingerprint density at radius 1 is 1.32 bits per heavy atom. The van der Waals surface area contributed by atoms with E-state index in [0.717, 1.165) is 0 Å². The van der Waals surface area contributed by atoms with Crippen molar-refractivity contribution >= 4 is 23.4 Å². The summed E-state index contributed by atoms with van der Waals surface area (Å²) in [6.07, 6.45) is 3.68. The lowest BCUT2D eigenvalue weighted by Crippen LogP contribution is -2.43. The minimum Gasteiger partial charge on any atom is -0.507 e. The average Bonchev–Trinajstić information content (AvgIpc) is 3.21. The molecule has 0 bridgehead atoms.